The molecule has 0 spiro atoms. The van der Waals surface area contributed by atoms with Crippen LogP contribution < -0.4 is 20.1 Å². The van der Waals surface area contributed by atoms with Gasteiger partial charge in [-0.2, -0.15) is 0 Å². The molecule has 29 heavy (non-hydrogen) atoms. The maximum absolute atomic E-state index is 12.5. The molecule has 0 fully saturated rings. The van der Waals surface area contributed by atoms with E-state index in [2.05, 4.69) is 47.2 Å². The molecular formula is C23H29N3O3. The van der Waals surface area contributed by atoms with Crippen LogP contribution in [0.5, 0.6) is 11.5 Å². The van der Waals surface area contributed by atoms with Crippen LogP contribution in [0.4, 0.5) is 4.79 Å². The molecule has 6 heteroatoms. The Kier molecular flexibility index (Phi) is 6.65. The highest BCUT2D eigenvalue weighted by molar-refractivity contribution is 5.80. The SMILES string of the molecule is COc1ccc(C(NC(=O)NCCn2ccc3ccccc32)C(C)C)cc1OC. The van der Waals surface area contributed by atoms with Gasteiger partial charge in [0.2, 0.25) is 0 Å². The fourth-order valence-corrected chi connectivity index (χ4v) is 3.50. The number of rotatable bonds is 8. The first kappa shape index (κ1) is 20.6. The lowest BCUT2D eigenvalue weighted by Crippen LogP contribution is -2.40. The molecule has 3 rings (SSSR count). The topological polar surface area (TPSA) is 64.5 Å². The van der Waals surface area contributed by atoms with Gasteiger partial charge in [-0.15, -0.1) is 0 Å². The number of fused-ring (bicyclic) bond motifs is 1. The molecule has 0 aliphatic carbocycles. The van der Waals surface area contributed by atoms with E-state index < -0.39 is 0 Å². The molecule has 2 amide bonds. The van der Waals surface area contributed by atoms with E-state index in [9.17, 15) is 4.79 Å². The van der Waals surface area contributed by atoms with Crippen molar-refractivity contribution in [2.75, 3.05) is 20.8 Å². The number of benzene rings is 2. The third-order valence-corrected chi connectivity index (χ3v) is 5.04. The van der Waals surface area contributed by atoms with Crippen molar-refractivity contribution in [3.63, 3.8) is 0 Å². The monoisotopic (exact) mass is 395 g/mol. The summed E-state index contributed by atoms with van der Waals surface area (Å²) in [7, 11) is 3.22. The van der Waals surface area contributed by atoms with Crippen molar-refractivity contribution >= 4 is 16.9 Å². The molecule has 1 atom stereocenters. The molecule has 3 aromatic rings. The molecule has 0 saturated heterocycles. The Morgan fingerprint density at radius 3 is 2.52 bits per heavy atom. The van der Waals surface area contributed by atoms with Gasteiger partial charge in [-0.3, -0.25) is 0 Å². The molecule has 1 unspecified atom stereocenters. The average molecular weight is 396 g/mol. The number of nitrogens with zero attached hydrogens (tertiary/aromatic N) is 1. The summed E-state index contributed by atoms with van der Waals surface area (Å²) >= 11 is 0. The van der Waals surface area contributed by atoms with Crippen LogP contribution in [0, 0.1) is 5.92 Å². The van der Waals surface area contributed by atoms with E-state index in [4.69, 9.17) is 9.47 Å². The van der Waals surface area contributed by atoms with Crippen LogP contribution >= 0.6 is 0 Å². The van der Waals surface area contributed by atoms with Gasteiger partial charge in [-0.05, 0) is 41.1 Å². The number of para-hydroxylation sites is 1. The molecule has 6 nitrogen and oxygen atoms in total. The Morgan fingerprint density at radius 1 is 1.03 bits per heavy atom. The van der Waals surface area contributed by atoms with Crippen molar-refractivity contribution in [3.05, 3.63) is 60.3 Å². The summed E-state index contributed by atoms with van der Waals surface area (Å²) in [4.78, 5) is 12.5. The van der Waals surface area contributed by atoms with Gasteiger partial charge in [-0.25, -0.2) is 4.79 Å². The van der Waals surface area contributed by atoms with Gasteiger partial charge in [0, 0.05) is 24.8 Å². The van der Waals surface area contributed by atoms with Gasteiger partial charge in [0.1, 0.15) is 0 Å². The number of urea groups is 1. The first-order valence-electron chi connectivity index (χ1n) is 9.83. The first-order chi connectivity index (χ1) is 14.0. The molecule has 0 radical (unpaired) electrons. The Bertz CT molecular complexity index is 965. The Balaban J connectivity index is 1.61. The average Bonchev–Trinajstić information content (AvgIpc) is 3.14. The van der Waals surface area contributed by atoms with Crippen LogP contribution in [0.3, 0.4) is 0 Å². The third kappa shape index (κ3) is 4.83. The molecule has 2 aromatic carbocycles. The van der Waals surface area contributed by atoms with E-state index in [1.54, 1.807) is 14.2 Å². The third-order valence-electron chi connectivity index (χ3n) is 5.04. The second-order valence-corrected chi connectivity index (χ2v) is 7.30. The zero-order chi connectivity index (χ0) is 20.8. The Labute approximate surface area is 171 Å². The van der Waals surface area contributed by atoms with Crippen molar-refractivity contribution in [1.82, 2.24) is 15.2 Å². The summed E-state index contributed by atoms with van der Waals surface area (Å²) in [5.74, 6) is 1.53. The van der Waals surface area contributed by atoms with E-state index in [1.807, 2.05) is 36.5 Å². The van der Waals surface area contributed by atoms with Gasteiger partial charge in [-0.1, -0.05) is 38.1 Å². The number of nitrogens with one attached hydrogen (secondary N) is 2. The molecule has 0 saturated carbocycles. The van der Waals surface area contributed by atoms with Crippen molar-refractivity contribution in [1.29, 1.82) is 0 Å². The fourth-order valence-electron chi connectivity index (χ4n) is 3.50. The van der Waals surface area contributed by atoms with Crippen LogP contribution in [-0.4, -0.2) is 31.4 Å². The molecular weight excluding hydrogens is 366 g/mol. The van der Waals surface area contributed by atoms with Gasteiger partial charge >= 0.3 is 6.03 Å². The summed E-state index contributed by atoms with van der Waals surface area (Å²) in [6.45, 7) is 5.41. The molecule has 1 heterocycles. The van der Waals surface area contributed by atoms with E-state index in [0.29, 0.717) is 24.6 Å². The van der Waals surface area contributed by atoms with Crippen LogP contribution in [0.2, 0.25) is 0 Å². The predicted molar refractivity (Wildman–Crippen MR) is 116 cm³/mol. The molecule has 1 aromatic heterocycles. The lowest BCUT2D eigenvalue weighted by molar-refractivity contribution is 0.232. The van der Waals surface area contributed by atoms with E-state index in [-0.39, 0.29) is 18.0 Å². The van der Waals surface area contributed by atoms with E-state index in [1.165, 1.54) is 10.9 Å². The van der Waals surface area contributed by atoms with Crippen LogP contribution in [0.25, 0.3) is 10.9 Å². The fraction of sp³-hybridized carbons (Fsp3) is 0.348. The van der Waals surface area contributed by atoms with Gasteiger partial charge < -0.3 is 24.7 Å². The lowest BCUT2D eigenvalue weighted by Gasteiger charge is -2.24. The summed E-state index contributed by atoms with van der Waals surface area (Å²) in [6.07, 6.45) is 2.05. The number of carbonyl (C=O) groups is 1. The van der Waals surface area contributed by atoms with E-state index in [0.717, 1.165) is 5.56 Å². The second kappa shape index (κ2) is 9.37. The first-order valence-corrected chi connectivity index (χ1v) is 9.83. The highest BCUT2D eigenvalue weighted by Gasteiger charge is 2.20. The highest BCUT2D eigenvalue weighted by Crippen LogP contribution is 2.32. The van der Waals surface area contributed by atoms with Gasteiger partial charge in [0.05, 0.1) is 20.3 Å². The molecule has 0 bridgehead atoms. The summed E-state index contributed by atoms with van der Waals surface area (Å²) in [6, 6.07) is 15.7. The summed E-state index contributed by atoms with van der Waals surface area (Å²) in [5, 5.41) is 7.25. The van der Waals surface area contributed by atoms with Crippen molar-refractivity contribution in [2.24, 2.45) is 5.92 Å². The summed E-state index contributed by atoms with van der Waals surface area (Å²) < 4.78 is 12.8. The minimum atomic E-state index is -0.185. The van der Waals surface area contributed by atoms with E-state index >= 15 is 0 Å². The van der Waals surface area contributed by atoms with Gasteiger partial charge in [0.25, 0.3) is 0 Å². The summed E-state index contributed by atoms with van der Waals surface area (Å²) in [5.41, 5.74) is 2.14. The number of carbonyl (C=O) groups excluding carboxylic acids is 1. The quantitative estimate of drug-likeness (QED) is 0.596. The number of ether oxygens (including phenoxy) is 2. The maximum Gasteiger partial charge on any atom is 0.315 e. The zero-order valence-electron chi connectivity index (χ0n) is 17.4. The molecule has 0 aliphatic rings. The normalized spacial score (nSPS) is 12.0. The largest absolute Gasteiger partial charge is 0.493 e. The second-order valence-electron chi connectivity index (χ2n) is 7.30. The van der Waals surface area contributed by atoms with Crippen LogP contribution in [0.15, 0.2) is 54.7 Å². The number of amides is 2. The number of aromatic nitrogens is 1. The Morgan fingerprint density at radius 2 is 1.79 bits per heavy atom. The molecule has 0 aliphatic heterocycles. The van der Waals surface area contributed by atoms with Crippen molar-refractivity contribution in [3.8, 4) is 11.5 Å². The van der Waals surface area contributed by atoms with Crippen molar-refractivity contribution in [2.45, 2.75) is 26.4 Å². The zero-order valence-corrected chi connectivity index (χ0v) is 17.4. The maximum atomic E-state index is 12.5. The smallest absolute Gasteiger partial charge is 0.315 e. The predicted octanol–water partition coefficient (Wildman–Crippen LogP) is 4.36. The number of hydrogen-bond donors (Lipinski definition) is 2. The molecule has 154 valence electrons. The lowest BCUT2D eigenvalue weighted by atomic mass is 9.96. The number of methoxy groups -OCH3 is 2. The minimum Gasteiger partial charge on any atom is -0.493 e. The highest BCUT2D eigenvalue weighted by atomic mass is 16.5. The van der Waals surface area contributed by atoms with Crippen LogP contribution in [0.1, 0.15) is 25.5 Å². The van der Waals surface area contributed by atoms with Gasteiger partial charge in [0.15, 0.2) is 11.5 Å². The minimum absolute atomic E-state index is 0.137. The molecule has 2 N–H and O–H groups in total. The van der Waals surface area contributed by atoms with Crippen LogP contribution in [-0.2, 0) is 6.54 Å². The standard InChI is InChI=1S/C23H29N3O3/c1-16(2)22(18-9-10-20(28-3)21(15-18)29-4)25-23(27)24-12-14-26-13-11-17-7-5-6-8-19(17)26/h5-11,13,15-16,22H,12,14H2,1-4H3,(H2,24,25,27). The number of hydrogen-bond acceptors (Lipinski definition) is 3. The Hall–Kier alpha value is -3.15. The van der Waals surface area contributed by atoms with Crippen molar-refractivity contribution < 1.29 is 14.3 Å².